The quantitative estimate of drug-likeness (QED) is 0.0382. The molecule has 0 aromatic carbocycles. The molecule has 0 saturated carbocycles. The van der Waals surface area contributed by atoms with Gasteiger partial charge in [-0.1, -0.05) is 128 Å². The number of nitrogens with zero attached hydrogens (tertiary/aromatic N) is 1. The highest BCUT2D eigenvalue weighted by Gasteiger charge is 2.18. The van der Waals surface area contributed by atoms with Gasteiger partial charge in [-0.25, -0.2) is 0 Å². The number of allylic oxidation sites excluding steroid dienone is 2. The molecular weight excluding hydrogens is 586 g/mol. The molecule has 0 bridgehead atoms. The minimum absolute atomic E-state index is 0.0737. The van der Waals surface area contributed by atoms with Crippen molar-refractivity contribution in [2.24, 2.45) is 5.92 Å². The smallest absolute Gasteiger partial charge is 0.306 e. The van der Waals surface area contributed by atoms with Gasteiger partial charge in [0.2, 0.25) is 0 Å². The zero-order chi connectivity index (χ0) is 34.6. The monoisotopic (exact) mass is 662 g/mol. The number of rotatable bonds is 35. The molecule has 0 aromatic rings. The fraction of sp³-hybridized carbons (Fsp3) is 0.829. The Kier molecular flexibility index (Phi) is 33.9. The van der Waals surface area contributed by atoms with Crippen LogP contribution in [0.4, 0.5) is 0 Å². The first kappa shape index (κ1) is 45.0. The first-order valence-corrected chi connectivity index (χ1v) is 19.7. The maximum absolute atomic E-state index is 13.0. The zero-order valence-electron chi connectivity index (χ0n) is 31.4. The van der Waals surface area contributed by atoms with Crippen LogP contribution in [0.5, 0.6) is 0 Å². The van der Waals surface area contributed by atoms with E-state index in [4.69, 9.17) is 9.47 Å². The minimum atomic E-state index is -0.131. The zero-order valence-corrected chi connectivity index (χ0v) is 31.4. The second kappa shape index (κ2) is 35.4. The average molecular weight is 662 g/mol. The molecule has 47 heavy (non-hydrogen) atoms. The molecule has 0 N–H and O–H groups in total. The summed E-state index contributed by atoms with van der Waals surface area (Å²) < 4.78 is 10.7. The SMILES string of the molecule is CCCCCCCC/C=C\COC(=O)CCCCCC(CCCCCC(=O)OC/C=C/CCCCCCCC)C(=O)CCCN(C)C. The molecule has 0 saturated heterocycles. The molecule has 0 radical (unpaired) electrons. The van der Waals surface area contributed by atoms with Crippen molar-refractivity contribution in [1.82, 2.24) is 4.90 Å². The van der Waals surface area contributed by atoms with Crippen molar-refractivity contribution in [3.8, 4) is 0 Å². The molecule has 274 valence electrons. The topological polar surface area (TPSA) is 72.9 Å². The summed E-state index contributed by atoms with van der Waals surface area (Å²) in [5.41, 5.74) is 0. The van der Waals surface area contributed by atoms with Crippen LogP contribution in [0, 0.1) is 5.92 Å². The van der Waals surface area contributed by atoms with Crippen LogP contribution in [-0.4, -0.2) is 56.5 Å². The predicted molar refractivity (Wildman–Crippen MR) is 199 cm³/mol. The van der Waals surface area contributed by atoms with E-state index in [1.165, 1.54) is 77.0 Å². The molecule has 0 aliphatic heterocycles. The molecule has 0 amide bonds. The third kappa shape index (κ3) is 33.7. The molecule has 0 spiro atoms. The van der Waals surface area contributed by atoms with E-state index < -0.39 is 0 Å². The van der Waals surface area contributed by atoms with Crippen LogP contribution >= 0.6 is 0 Å². The Morgan fingerprint density at radius 2 is 0.936 bits per heavy atom. The highest BCUT2D eigenvalue weighted by atomic mass is 16.5. The first-order chi connectivity index (χ1) is 22.9. The largest absolute Gasteiger partial charge is 0.461 e. The van der Waals surface area contributed by atoms with Crippen LogP contribution in [0.25, 0.3) is 0 Å². The van der Waals surface area contributed by atoms with Gasteiger partial charge in [-0.2, -0.15) is 0 Å². The molecule has 6 nitrogen and oxygen atoms in total. The molecule has 0 fully saturated rings. The summed E-state index contributed by atoms with van der Waals surface area (Å²) in [5, 5.41) is 0. The molecule has 0 heterocycles. The van der Waals surface area contributed by atoms with E-state index in [0.29, 0.717) is 38.3 Å². The third-order valence-electron chi connectivity index (χ3n) is 8.81. The van der Waals surface area contributed by atoms with Gasteiger partial charge in [0.15, 0.2) is 0 Å². The van der Waals surface area contributed by atoms with Crippen molar-refractivity contribution in [3.05, 3.63) is 24.3 Å². The number of hydrogen-bond donors (Lipinski definition) is 0. The van der Waals surface area contributed by atoms with Crippen molar-refractivity contribution in [2.75, 3.05) is 33.9 Å². The van der Waals surface area contributed by atoms with Crippen LogP contribution in [0.3, 0.4) is 0 Å². The number of carbonyl (C=O) groups excluding carboxylic acids is 3. The Bertz CT molecular complexity index is 739. The highest BCUT2D eigenvalue weighted by molar-refractivity contribution is 5.80. The van der Waals surface area contributed by atoms with Gasteiger partial charge in [0.25, 0.3) is 0 Å². The van der Waals surface area contributed by atoms with Gasteiger partial charge >= 0.3 is 11.9 Å². The van der Waals surface area contributed by atoms with Crippen LogP contribution in [-0.2, 0) is 23.9 Å². The van der Waals surface area contributed by atoms with E-state index in [-0.39, 0.29) is 17.9 Å². The third-order valence-corrected chi connectivity index (χ3v) is 8.81. The van der Waals surface area contributed by atoms with Crippen LogP contribution in [0.15, 0.2) is 24.3 Å². The molecule has 1 atom stereocenters. The second-order valence-electron chi connectivity index (χ2n) is 13.7. The van der Waals surface area contributed by atoms with Crippen molar-refractivity contribution in [3.63, 3.8) is 0 Å². The summed E-state index contributed by atoms with van der Waals surface area (Å²) in [6.07, 6.45) is 35.4. The maximum Gasteiger partial charge on any atom is 0.306 e. The Hall–Kier alpha value is -1.95. The minimum Gasteiger partial charge on any atom is -0.461 e. The van der Waals surface area contributed by atoms with Gasteiger partial charge in [-0.05, 0) is 78.4 Å². The predicted octanol–water partition coefficient (Wildman–Crippen LogP) is 11.1. The lowest BCUT2D eigenvalue weighted by Gasteiger charge is -2.17. The van der Waals surface area contributed by atoms with Gasteiger partial charge in [0.1, 0.15) is 19.0 Å². The van der Waals surface area contributed by atoms with Crippen molar-refractivity contribution >= 4 is 17.7 Å². The second-order valence-corrected chi connectivity index (χ2v) is 13.7. The fourth-order valence-corrected chi connectivity index (χ4v) is 5.80. The summed E-state index contributed by atoms with van der Waals surface area (Å²) in [6, 6.07) is 0. The Balaban J connectivity index is 4.13. The van der Waals surface area contributed by atoms with Gasteiger partial charge in [-0.3, -0.25) is 14.4 Å². The summed E-state index contributed by atoms with van der Waals surface area (Å²) in [5.74, 6) is 0.178. The number of esters is 2. The molecule has 0 aliphatic rings. The number of ketones is 1. The molecule has 0 aromatic heterocycles. The van der Waals surface area contributed by atoms with Crippen LogP contribution < -0.4 is 0 Å². The number of carbonyl (C=O) groups is 3. The van der Waals surface area contributed by atoms with Crippen LogP contribution in [0.1, 0.15) is 181 Å². The normalized spacial score (nSPS) is 12.4. The summed E-state index contributed by atoms with van der Waals surface area (Å²) in [6.45, 7) is 6.13. The highest BCUT2D eigenvalue weighted by Crippen LogP contribution is 2.22. The first-order valence-electron chi connectivity index (χ1n) is 19.7. The molecule has 1 unspecified atom stereocenters. The van der Waals surface area contributed by atoms with E-state index in [0.717, 1.165) is 77.2 Å². The summed E-state index contributed by atoms with van der Waals surface area (Å²) in [4.78, 5) is 39.4. The number of ether oxygens (including phenoxy) is 2. The Morgan fingerprint density at radius 3 is 1.38 bits per heavy atom. The van der Waals surface area contributed by atoms with Crippen molar-refractivity contribution in [1.29, 1.82) is 0 Å². The van der Waals surface area contributed by atoms with Gasteiger partial charge < -0.3 is 14.4 Å². The Morgan fingerprint density at radius 1 is 0.511 bits per heavy atom. The Labute approximate surface area is 290 Å². The van der Waals surface area contributed by atoms with Crippen molar-refractivity contribution < 1.29 is 23.9 Å². The lowest BCUT2D eigenvalue weighted by atomic mass is 9.89. The van der Waals surface area contributed by atoms with Crippen LogP contribution in [0.2, 0.25) is 0 Å². The van der Waals surface area contributed by atoms with Gasteiger partial charge in [-0.15, -0.1) is 0 Å². The van der Waals surface area contributed by atoms with E-state index in [1.54, 1.807) is 0 Å². The molecule has 0 rings (SSSR count). The standard InChI is InChI=1S/C41H75NO5/c1-5-7-9-11-13-15-17-19-27-36-46-40(44)33-25-21-23-30-38(39(43)32-29-35-42(3)4)31-24-22-26-34-41(45)47-37-28-20-18-16-14-12-10-8-6-2/h19-20,27-28,38H,5-18,21-26,29-37H2,1-4H3/b27-19-,28-20+. The van der Waals surface area contributed by atoms with Gasteiger partial charge in [0, 0.05) is 25.2 Å². The van der Waals surface area contributed by atoms with E-state index in [9.17, 15) is 14.4 Å². The number of hydrogen-bond acceptors (Lipinski definition) is 6. The lowest BCUT2D eigenvalue weighted by Crippen LogP contribution is -2.18. The van der Waals surface area contributed by atoms with Gasteiger partial charge in [0.05, 0.1) is 0 Å². The van der Waals surface area contributed by atoms with E-state index in [2.05, 4.69) is 30.9 Å². The average Bonchev–Trinajstić information content (AvgIpc) is 3.05. The fourth-order valence-electron chi connectivity index (χ4n) is 5.80. The number of Topliss-reactive ketones (excluding diaryl/α,β-unsaturated/α-hetero) is 1. The molecule has 6 heteroatoms. The summed E-state index contributed by atoms with van der Waals surface area (Å²) >= 11 is 0. The molecular formula is C41H75NO5. The van der Waals surface area contributed by atoms with E-state index in [1.807, 2.05) is 26.2 Å². The van der Waals surface area contributed by atoms with Crippen molar-refractivity contribution in [2.45, 2.75) is 181 Å². The van der Waals surface area contributed by atoms with E-state index >= 15 is 0 Å². The molecule has 0 aliphatic carbocycles. The summed E-state index contributed by atoms with van der Waals surface area (Å²) in [7, 11) is 4.08. The number of unbranched alkanes of at least 4 members (excludes halogenated alkanes) is 16. The lowest BCUT2D eigenvalue weighted by molar-refractivity contribution is -0.143. The maximum atomic E-state index is 13.0.